The first-order chi connectivity index (χ1) is 5.72. The highest BCUT2D eigenvalue weighted by atomic mass is 16.4. The highest BCUT2D eigenvalue weighted by molar-refractivity contribution is 5.66. The van der Waals surface area contributed by atoms with Crippen molar-refractivity contribution >= 4 is 5.97 Å². The van der Waals surface area contributed by atoms with Gasteiger partial charge in [0.05, 0.1) is 5.69 Å². The number of aromatic nitrogens is 3. The van der Waals surface area contributed by atoms with Crippen molar-refractivity contribution in [3.63, 3.8) is 0 Å². The number of carboxylic acid groups (broad SMARTS) is 1. The maximum Gasteiger partial charge on any atom is 0.325 e. The van der Waals surface area contributed by atoms with Gasteiger partial charge in [0.2, 0.25) is 0 Å². The number of hydrogen-bond acceptors (Lipinski definition) is 4. The Morgan fingerprint density at radius 1 is 1.75 bits per heavy atom. The first kappa shape index (κ1) is 8.66. The summed E-state index contributed by atoms with van der Waals surface area (Å²) in [5.74, 6) is -0.931. The van der Waals surface area contributed by atoms with Crippen LogP contribution in [-0.4, -0.2) is 32.6 Å². The minimum Gasteiger partial charge on any atom is -0.480 e. The van der Waals surface area contributed by atoms with Crippen molar-refractivity contribution in [1.29, 1.82) is 0 Å². The quantitative estimate of drug-likeness (QED) is 0.596. The minimum absolute atomic E-state index is 0.155. The zero-order valence-corrected chi connectivity index (χ0v) is 6.47. The zero-order valence-electron chi connectivity index (χ0n) is 6.47. The van der Waals surface area contributed by atoms with E-state index < -0.39 is 5.97 Å². The summed E-state index contributed by atoms with van der Waals surface area (Å²) < 4.78 is 1.27. The maximum atomic E-state index is 10.2. The molecule has 0 bridgehead atoms. The third-order valence-electron chi connectivity index (χ3n) is 1.28. The maximum absolute atomic E-state index is 10.2. The molecule has 1 aromatic rings. The Morgan fingerprint density at radius 2 is 2.50 bits per heavy atom. The summed E-state index contributed by atoms with van der Waals surface area (Å²) in [6.07, 6.45) is 2.21. The van der Waals surface area contributed by atoms with E-state index in [1.54, 1.807) is 6.20 Å². The Kier molecular flexibility index (Phi) is 2.76. The van der Waals surface area contributed by atoms with Crippen LogP contribution < -0.4 is 5.73 Å². The molecule has 0 amide bonds. The molecule has 0 aliphatic rings. The third kappa shape index (κ3) is 2.31. The lowest BCUT2D eigenvalue weighted by Gasteiger charge is -1.91. The van der Waals surface area contributed by atoms with Crippen molar-refractivity contribution in [2.75, 3.05) is 6.54 Å². The van der Waals surface area contributed by atoms with Gasteiger partial charge < -0.3 is 10.8 Å². The van der Waals surface area contributed by atoms with Gasteiger partial charge in [0, 0.05) is 12.6 Å². The van der Waals surface area contributed by atoms with Crippen molar-refractivity contribution in [2.45, 2.75) is 13.0 Å². The molecule has 0 aromatic carbocycles. The standard InChI is InChI=1S/C6H10N4O2/c7-2-1-5-3-10(9-8-5)4-6(11)12/h3H,1-2,4,7H2,(H,11,12). The minimum atomic E-state index is -0.931. The average molecular weight is 170 g/mol. The summed E-state index contributed by atoms with van der Waals surface area (Å²) in [6.45, 7) is 0.337. The molecule has 0 saturated heterocycles. The number of aliphatic carboxylic acids is 1. The van der Waals surface area contributed by atoms with E-state index in [1.165, 1.54) is 4.68 Å². The van der Waals surface area contributed by atoms with Crippen LogP contribution in [0, 0.1) is 0 Å². The number of rotatable bonds is 4. The number of nitrogens with two attached hydrogens (primary N) is 1. The summed E-state index contributed by atoms with van der Waals surface area (Å²) in [4.78, 5) is 10.2. The van der Waals surface area contributed by atoms with Gasteiger partial charge in [-0.25, -0.2) is 4.68 Å². The number of nitrogens with zero attached hydrogens (tertiary/aromatic N) is 3. The Bertz CT molecular complexity index is 270. The molecule has 12 heavy (non-hydrogen) atoms. The SMILES string of the molecule is NCCc1cn(CC(=O)O)nn1. The second kappa shape index (κ2) is 3.82. The number of hydrogen-bond donors (Lipinski definition) is 2. The van der Waals surface area contributed by atoms with Crippen LogP contribution in [0.2, 0.25) is 0 Å². The molecule has 0 saturated carbocycles. The van der Waals surface area contributed by atoms with E-state index in [4.69, 9.17) is 10.8 Å². The molecule has 1 aromatic heterocycles. The monoisotopic (exact) mass is 170 g/mol. The van der Waals surface area contributed by atoms with Crippen molar-refractivity contribution < 1.29 is 9.90 Å². The third-order valence-corrected chi connectivity index (χ3v) is 1.28. The predicted octanol–water partition coefficient (Wildman–Crippen LogP) is -1.14. The summed E-state index contributed by atoms with van der Waals surface area (Å²) in [5.41, 5.74) is 6.00. The van der Waals surface area contributed by atoms with E-state index in [0.717, 1.165) is 5.69 Å². The Hall–Kier alpha value is -1.43. The smallest absolute Gasteiger partial charge is 0.325 e. The Labute approximate surface area is 69.0 Å². The van der Waals surface area contributed by atoms with Gasteiger partial charge in [-0.15, -0.1) is 5.10 Å². The average Bonchev–Trinajstić information content (AvgIpc) is 2.36. The molecule has 0 aliphatic heterocycles. The van der Waals surface area contributed by atoms with E-state index in [-0.39, 0.29) is 6.54 Å². The van der Waals surface area contributed by atoms with Crippen LogP contribution in [0.4, 0.5) is 0 Å². The lowest BCUT2D eigenvalue weighted by Crippen LogP contribution is -2.09. The number of carboxylic acids is 1. The van der Waals surface area contributed by atoms with E-state index in [1.807, 2.05) is 0 Å². The van der Waals surface area contributed by atoms with Crippen molar-refractivity contribution in [1.82, 2.24) is 15.0 Å². The fraction of sp³-hybridized carbons (Fsp3) is 0.500. The molecule has 0 aliphatic carbocycles. The van der Waals surface area contributed by atoms with Crippen LogP contribution >= 0.6 is 0 Å². The topological polar surface area (TPSA) is 94.0 Å². The second-order valence-corrected chi connectivity index (χ2v) is 2.34. The highest BCUT2D eigenvalue weighted by Crippen LogP contribution is 1.92. The van der Waals surface area contributed by atoms with Crippen LogP contribution in [-0.2, 0) is 17.8 Å². The van der Waals surface area contributed by atoms with Gasteiger partial charge in [-0.05, 0) is 6.54 Å². The second-order valence-electron chi connectivity index (χ2n) is 2.34. The summed E-state index contributed by atoms with van der Waals surface area (Å²) in [6, 6.07) is 0. The number of carbonyl (C=O) groups is 1. The Balaban J connectivity index is 2.58. The molecule has 6 heteroatoms. The fourth-order valence-electron chi connectivity index (χ4n) is 0.817. The molecular weight excluding hydrogens is 160 g/mol. The molecule has 0 radical (unpaired) electrons. The molecule has 0 fully saturated rings. The molecule has 6 nitrogen and oxygen atoms in total. The van der Waals surface area contributed by atoms with Gasteiger partial charge in [0.15, 0.2) is 0 Å². The van der Waals surface area contributed by atoms with Crippen LogP contribution in [0.3, 0.4) is 0 Å². The van der Waals surface area contributed by atoms with Crippen LogP contribution in [0.15, 0.2) is 6.20 Å². The van der Waals surface area contributed by atoms with Crippen LogP contribution in [0.5, 0.6) is 0 Å². The zero-order chi connectivity index (χ0) is 8.97. The summed E-state index contributed by atoms with van der Waals surface area (Å²) >= 11 is 0. The van der Waals surface area contributed by atoms with Crippen LogP contribution in [0.25, 0.3) is 0 Å². The van der Waals surface area contributed by atoms with Gasteiger partial charge in [-0.2, -0.15) is 0 Å². The summed E-state index contributed by atoms with van der Waals surface area (Å²) in [5, 5.41) is 15.7. The van der Waals surface area contributed by atoms with E-state index in [2.05, 4.69) is 10.3 Å². The molecule has 3 N–H and O–H groups in total. The molecule has 1 heterocycles. The van der Waals surface area contributed by atoms with Gasteiger partial charge in [-0.3, -0.25) is 4.79 Å². The lowest BCUT2D eigenvalue weighted by molar-refractivity contribution is -0.137. The normalized spacial score (nSPS) is 10.1. The van der Waals surface area contributed by atoms with E-state index in [0.29, 0.717) is 13.0 Å². The molecule has 1 rings (SSSR count). The molecule has 0 spiro atoms. The predicted molar refractivity (Wildman–Crippen MR) is 40.4 cm³/mol. The molecule has 0 unspecified atom stereocenters. The Morgan fingerprint density at radius 3 is 3.08 bits per heavy atom. The first-order valence-electron chi connectivity index (χ1n) is 3.53. The van der Waals surface area contributed by atoms with Gasteiger partial charge in [-0.1, -0.05) is 5.21 Å². The van der Waals surface area contributed by atoms with Crippen LogP contribution in [0.1, 0.15) is 5.69 Å². The van der Waals surface area contributed by atoms with Gasteiger partial charge >= 0.3 is 5.97 Å². The molecular formula is C6H10N4O2. The van der Waals surface area contributed by atoms with E-state index >= 15 is 0 Å². The van der Waals surface area contributed by atoms with Gasteiger partial charge in [0.25, 0.3) is 0 Å². The van der Waals surface area contributed by atoms with Crippen molar-refractivity contribution in [3.05, 3.63) is 11.9 Å². The van der Waals surface area contributed by atoms with Crippen molar-refractivity contribution in [2.24, 2.45) is 5.73 Å². The lowest BCUT2D eigenvalue weighted by atomic mass is 10.3. The van der Waals surface area contributed by atoms with E-state index in [9.17, 15) is 4.79 Å². The largest absolute Gasteiger partial charge is 0.480 e. The molecule has 66 valence electrons. The van der Waals surface area contributed by atoms with Gasteiger partial charge in [0.1, 0.15) is 6.54 Å². The summed E-state index contributed by atoms with van der Waals surface area (Å²) in [7, 11) is 0. The fourth-order valence-corrected chi connectivity index (χ4v) is 0.817. The van der Waals surface area contributed by atoms with Crippen molar-refractivity contribution in [3.8, 4) is 0 Å². The highest BCUT2D eigenvalue weighted by Gasteiger charge is 2.02. The first-order valence-corrected chi connectivity index (χ1v) is 3.53. The molecule has 0 atom stereocenters.